The van der Waals surface area contributed by atoms with Crippen molar-refractivity contribution in [2.24, 2.45) is 0 Å². The second-order valence-corrected chi connectivity index (χ2v) is 11.9. The van der Waals surface area contributed by atoms with Crippen LogP contribution in [0.25, 0.3) is 22.4 Å². The summed E-state index contributed by atoms with van der Waals surface area (Å²) in [6, 6.07) is 23.7. The predicted molar refractivity (Wildman–Crippen MR) is 157 cm³/mol. The van der Waals surface area contributed by atoms with Crippen LogP contribution in [0.2, 0.25) is 0 Å². The molecule has 41 heavy (non-hydrogen) atoms. The first-order valence-electron chi connectivity index (χ1n) is 13.7. The van der Waals surface area contributed by atoms with Crippen LogP contribution in [0.5, 0.6) is 11.5 Å². The summed E-state index contributed by atoms with van der Waals surface area (Å²) in [5.74, 6) is 2.15. The van der Waals surface area contributed by atoms with Crippen LogP contribution in [-0.2, 0) is 16.7 Å². The van der Waals surface area contributed by atoms with Crippen LogP contribution in [0.15, 0.2) is 84.0 Å². The molecule has 7 aliphatic heterocycles. The summed E-state index contributed by atoms with van der Waals surface area (Å²) in [6.45, 7) is 0.948. The second kappa shape index (κ2) is 8.46. The number of ether oxygens (including phenoxy) is 3. The standard InChI is InChI=1S/C33H24N4O3S/c34-14-25-24-13-20-6-1-3-7-21(20)29(36-24)30-32-22-9-10-27-31(40-18-39-27)28(22)26(37(25)30)15-38-16-33(17-41-32)23-8-4-2-5-19(23)11-12-35-33/h1-12,35-36H,13,15-18H2. The molecule has 0 aromatic heterocycles. The molecule has 1 spiro atoms. The van der Waals surface area contributed by atoms with E-state index in [-0.39, 0.29) is 6.79 Å². The number of fused-ring (bicyclic) bond motifs is 9. The fourth-order valence-corrected chi connectivity index (χ4v) is 8.25. The summed E-state index contributed by atoms with van der Waals surface area (Å²) in [5, 5.41) is 20.0. The van der Waals surface area contributed by atoms with E-state index in [4.69, 9.17) is 14.2 Å². The molecule has 0 aliphatic carbocycles. The van der Waals surface area contributed by atoms with Crippen molar-refractivity contribution < 1.29 is 14.2 Å². The summed E-state index contributed by atoms with van der Waals surface area (Å²) in [6.07, 6.45) is 4.82. The maximum Gasteiger partial charge on any atom is 0.231 e. The molecule has 4 bridgehead atoms. The number of rotatable bonds is 0. The van der Waals surface area contributed by atoms with Crippen molar-refractivity contribution in [1.29, 1.82) is 5.26 Å². The maximum absolute atomic E-state index is 10.6. The molecular weight excluding hydrogens is 532 g/mol. The van der Waals surface area contributed by atoms with Crippen LogP contribution in [0, 0.1) is 11.3 Å². The van der Waals surface area contributed by atoms with Gasteiger partial charge >= 0.3 is 0 Å². The molecule has 2 N–H and O–H groups in total. The van der Waals surface area contributed by atoms with Gasteiger partial charge in [0.25, 0.3) is 0 Å². The lowest BCUT2D eigenvalue weighted by Gasteiger charge is -2.44. The average Bonchev–Trinajstić information content (AvgIpc) is 3.50. The number of thioether (sulfide) groups is 1. The van der Waals surface area contributed by atoms with Gasteiger partial charge in [0.2, 0.25) is 6.79 Å². The van der Waals surface area contributed by atoms with Crippen LogP contribution < -0.4 is 30.5 Å². The molecule has 200 valence electrons. The Morgan fingerprint density at radius 3 is 2.88 bits per heavy atom. The molecule has 8 heteroatoms. The van der Waals surface area contributed by atoms with Gasteiger partial charge in [-0.15, -0.1) is 11.8 Å². The van der Waals surface area contributed by atoms with Crippen LogP contribution in [0.1, 0.15) is 22.3 Å². The third kappa shape index (κ3) is 3.13. The van der Waals surface area contributed by atoms with Gasteiger partial charge in [-0.2, -0.15) is 5.26 Å². The second-order valence-electron chi connectivity index (χ2n) is 10.9. The summed E-state index contributed by atoms with van der Waals surface area (Å²) in [7, 11) is 0. The van der Waals surface area contributed by atoms with E-state index in [9.17, 15) is 5.26 Å². The highest BCUT2D eigenvalue weighted by atomic mass is 32.2. The fraction of sp³-hybridized carbons (Fsp3) is 0.182. The van der Waals surface area contributed by atoms with Crippen molar-refractivity contribution >= 4 is 34.1 Å². The molecule has 1 unspecified atom stereocenters. The lowest BCUT2D eigenvalue weighted by atomic mass is 9.86. The lowest BCUT2D eigenvalue weighted by Crippen LogP contribution is -2.51. The third-order valence-corrected chi connectivity index (χ3v) is 10.1. The van der Waals surface area contributed by atoms with Gasteiger partial charge in [0.15, 0.2) is 11.5 Å². The summed E-state index contributed by atoms with van der Waals surface area (Å²) in [4.78, 5) is 3.23. The molecule has 1 atom stereocenters. The molecule has 3 aromatic carbocycles. The Labute approximate surface area is 240 Å². The highest BCUT2D eigenvalue weighted by Gasteiger charge is 2.43. The van der Waals surface area contributed by atoms with Gasteiger partial charge in [-0.05, 0) is 41.1 Å². The van der Waals surface area contributed by atoms with E-state index in [1.807, 2.05) is 12.3 Å². The largest absolute Gasteiger partial charge is 0.454 e. The Bertz CT molecular complexity index is 1970. The number of nitriles is 1. The van der Waals surface area contributed by atoms with Crippen molar-refractivity contribution in [3.05, 3.63) is 117 Å². The SMILES string of the molecule is N#CC1=C2Cc3ccccc3C(=C3C4=c5ccc6c(c5=C(COCC5(CS4)NC=Cc4ccccc45)N13)OCO6)N2. The van der Waals surface area contributed by atoms with Crippen LogP contribution in [0.3, 0.4) is 0 Å². The Kier molecular flexibility index (Phi) is 4.78. The molecule has 3 aromatic rings. The topological polar surface area (TPSA) is 78.8 Å². The third-order valence-electron chi connectivity index (χ3n) is 8.71. The molecule has 0 saturated carbocycles. The van der Waals surface area contributed by atoms with E-state index in [0.29, 0.717) is 31.1 Å². The van der Waals surface area contributed by atoms with Gasteiger partial charge in [-0.3, -0.25) is 4.90 Å². The van der Waals surface area contributed by atoms with Crippen LogP contribution in [-0.4, -0.2) is 30.7 Å². The fourth-order valence-electron chi connectivity index (χ4n) is 6.88. The van der Waals surface area contributed by atoms with E-state index in [0.717, 1.165) is 55.2 Å². The average molecular weight is 557 g/mol. The Morgan fingerprint density at radius 1 is 1.02 bits per heavy atom. The monoisotopic (exact) mass is 556 g/mol. The molecule has 1 saturated heterocycles. The number of hydrogen-bond acceptors (Lipinski definition) is 8. The molecule has 7 aliphatic rings. The number of allylic oxidation sites excluding steroid dienone is 2. The molecule has 7 heterocycles. The van der Waals surface area contributed by atoms with E-state index >= 15 is 0 Å². The first-order valence-corrected chi connectivity index (χ1v) is 14.7. The van der Waals surface area contributed by atoms with Crippen molar-refractivity contribution in [1.82, 2.24) is 15.5 Å². The normalized spacial score (nSPS) is 22.9. The zero-order valence-corrected chi connectivity index (χ0v) is 22.8. The number of nitrogens with zero attached hydrogens (tertiary/aromatic N) is 2. The Morgan fingerprint density at radius 2 is 1.93 bits per heavy atom. The molecule has 10 rings (SSSR count). The highest BCUT2D eigenvalue weighted by molar-refractivity contribution is 8.08. The van der Waals surface area contributed by atoms with Crippen molar-refractivity contribution in [2.75, 3.05) is 25.8 Å². The van der Waals surface area contributed by atoms with Gasteiger partial charge < -0.3 is 24.8 Å². The smallest absolute Gasteiger partial charge is 0.231 e. The van der Waals surface area contributed by atoms with Crippen molar-refractivity contribution in [2.45, 2.75) is 12.0 Å². The van der Waals surface area contributed by atoms with Gasteiger partial charge in [-0.25, -0.2) is 0 Å². The van der Waals surface area contributed by atoms with E-state index in [1.165, 1.54) is 16.7 Å². The summed E-state index contributed by atoms with van der Waals surface area (Å²) in [5.41, 5.74) is 8.78. The van der Waals surface area contributed by atoms with Gasteiger partial charge in [0.1, 0.15) is 11.8 Å². The minimum atomic E-state index is -0.417. The van der Waals surface area contributed by atoms with E-state index in [1.54, 1.807) is 11.8 Å². The summed E-state index contributed by atoms with van der Waals surface area (Å²) >= 11 is 1.79. The number of nitrogens with one attached hydrogen (secondary N) is 2. The molecule has 0 amide bonds. The number of benzene rings is 3. The first kappa shape index (κ1) is 23.2. The maximum atomic E-state index is 10.6. The molecular formula is C33H24N4O3S. The zero-order chi connectivity index (χ0) is 27.1. The van der Waals surface area contributed by atoms with Crippen LogP contribution >= 0.6 is 11.8 Å². The minimum absolute atomic E-state index is 0.174. The molecule has 0 radical (unpaired) electrons. The van der Waals surface area contributed by atoms with E-state index < -0.39 is 5.54 Å². The van der Waals surface area contributed by atoms with Crippen LogP contribution in [0.4, 0.5) is 0 Å². The quantitative estimate of drug-likeness (QED) is 0.436. The highest BCUT2D eigenvalue weighted by Crippen LogP contribution is 2.48. The molecule has 7 nitrogen and oxygen atoms in total. The van der Waals surface area contributed by atoms with Gasteiger partial charge in [0.05, 0.1) is 46.8 Å². The van der Waals surface area contributed by atoms with Gasteiger partial charge in [-0.1, -0.05) is 48.5 Å². The van der Waals surface area contributed by atoms with Gasteiger partial charge in [0, 0.05) is 27.9 Å². The zero-order valence-electron chi connectivity index (χ0n) is 22.0. The van der Waals surface area contributed by atoms with Crippen molar-refractivity contribution in [3.63, 3.8) is 0 Å². The Hall–Kier alpha value is -4.58. The predicted octanol–water partition coefficient (Wildman–Crippen LogP) is 3.44. The minimum Gasteiger partial charge on any atom is -0.454 e. The Balaban J connectivity index is 1.35. The first-order chi connectivity index (χ1) is 20.3. The van der Waals surface area contributed by atoms with E-state index in [2.05, 4.69) is 82.3 Å². The number of hydrogen-bond donors (Lipinski definition) is 2. The van der Waals surface area contributed by atoms with Crippen molar-refractivity contribution in [3.8, 4) is 17.6 Å². The summed E-state index contributed by atoms with van der Waals surface area (Å²) < 4.78 is 18.6. The lowest BCUT2D eigenvalue weighted by molar-refractivity contribution is 0.0996. The molecule has 1 fully saturated rings.